The lowest BCUT2D eigenvalue weighted by Crippen LogP contribution is -2.13. The molecule has 0 unspecified atom stereocenters. The molecular weight excluding hydrogens is 382 g/mol. The lowest BCUT2D eigenvalue weighted by molar-refractivity contribution is 0.0991. The number of nitrogens with one attached hydrogen (secondary N) is 1. The molecule has 2 heterocycles. The molecule has 0 saturated carbocycles. The minimum Gasteiger partial charge on any atom is -0.493 e. The van der Waals surface area contributed by atoms with E-state index in [1.165, 1.54) is 0 Å². The number of unbranched alkanes of at least 4 members (excludes halogenated alkanes) is 2. The van der Waals surface area contributed by atoms with Crippen LogP contribution >= 0.6 is 0 Å². The van der Waals surface area contributed by atoms with Crippen LogP contribution in [0.15, 0.2) is 63.6 Å². The first-order chi connectivity index (χ1) is 14.6. The fraction of sp³-hybridized carbons (Fsp3) is 0.227. The highest BCUT2D eigenvalue weighted by molar-refractivity contribution is 6.05. The van der Waals surface area contributed by atoms with Gasteiger partial charge in [-0.2, -0.15) is 5.10 Å². The Morgan fingerprint density at radius 1 is 1.07 bits per heavy atom. The van der Waals surface area contributed by atoms with Crippen LogP contribution in [-0.2, 0) is 6.54 Å². The molecule has 8 nitrogen and oxygen atoms in total. The highest BCUT2D eigenvalue weighted by atomic mass is 16.3. The van der Waals surface area contributed by atoms with Gasteiger partial charge in [-0.25, -0.2) is 5.10 Å². The van der Waals surface area contributed by atoms with Crippen LogP contribution in [0.3, 0.4) is 0 Å². The normalized spacial score (nSPS) is 11.6. The maximum Gasteiger partial charge on any atom is 0.316 e. The number of carbonyl (C=O) groups excluding carboxylic acids is 1. The van der Waals surface area contributed by atoms with Gasteiger partial charge in [0.25, 0.3) is 5.56 Å². The van der Waals surface area contributed by atoms with Crippen LogP contribution in [0, 0.1) is 0 Å². The van der Waals surface area contributed by atoms with Crippen molar-refractivity contribution >= 4 is 33.3 Å². The van der Waals surface area contributed by atoms with E-state index in [1.54, 1.807) is 28.8 Å². The number of aromatic nitrogens is 3. The van der Waals surface area contributed by atoms with Gasteiger partial charge in [-0.05, 0) is 18.6 Å². The first-order valence-corrected chi connectivity index (χ1v) is 9.85. The average molecular weight is 403 g/mol. The van der Waals surface area contributed by atoms with E-state index >= 15 is 0 Å². The molecule has 8 heteroatoms. The van der Waals surface area contributed by atoms with Crippen molar-refractivity contribution in [3.63, 3.8) is 0 Å². The second kappa shape index (κ2) is 8.28. The van der Waals surface area contributed by atoms with Crippen molar-refractivity contribution in [3.8, 4) is 5.88 Å². The smallest absolute Gasteiger partial charge is 0.316 e. The molecule has 0 aliphatic rings. The van der Waals surface area contributed by atoms with E-state index in [0.717, 1.165) is 24.8 Å². The minimum absolute atomic E-state index is 0.000115. The van der Waals surface area contributed by atoms with E-state index in [0.29, 0.717) is 22.7 Å². The molecule has 1 amide bonds. The second-order valence-electron chi connectivity index (χ2n) is 7.00. The zero-order valence-corrected chi connectivity index (χ0v) is 16.5. The number of aromatic hydroxyl groups is 1. The Labute approximate surface area is 171 Å². The molecule has 4 rings (SSSR count). The minimum atomic E-state index is -0.704. The number of H-pyrrole nitrogens is 1. The first kappa shape index (κ1) is 19.5. The highest BCUT2D eigenvalue weighted by Gasteiger charge is 2.18. The Bertz CT molecular complexity index is 1320. The Morgan fingerprint density at radius 2 is 1.77 bits per heavy atom. The van der Waals surface area contributed by atoms with Gasteiger partial charge in [-0.3, -0.25) is 9.59 Å². The predicted molar refractivity (Wildman–Crippen MR) is 114 cm³/mol. The second-order valence-corrected chi connectivity index (χ2v) is 7.00. The van der Waals surface area contributed by atoms with Gasteiger partial charge in [0.05, 0.1) is 10.9 Å². The number of azo groups is 1. The number of fused-ring (bicyclic) bond motifs is 2. The molecule has 0 atom stereocenters. The molecule has 0 radical (unpaired) electrons. The number of hydrogen-bond acceptors (Lipinski definition) is 5. The molecule has 4 aromatic rings. The number of hydrogen-bond donors (Lipinski definition) is 2. The van der Waals surface area contributed by atoms with Crippen LogP contribution < -0.4 is 5.56 Å². The van der Waals surface area contributed by atoms with Crippen LogP contribution in [0.5, 0.6) is 5.88 Å². The van der Waals surface area contributed by atoms with E-state index in [9.17, 15) is 14.7 Å². The molecular formula is C22H21N5O3. The van der Waals surface area contributed by atoms with Crippen LogP contribution in [-0.4, -0.2) is 25.8 Å². The predicted octanol–water partition coefficient (Wildman–Crippen LogP) is 4.70. The Morgan fingerprint density at radius 3 is 2.53 bits per heavy atom. The van der Waals surface area contributed by atoms with Crippen molar-refractivity contribution in [1.82, 2.24) is 14.8 Å². The monoisotopic (exact) mass is 403 g/mol. The van der Waals surface area contributed by atoms with Crippen molar-refractivity contribution in [2.24, 2.45) is 10.2 Å². The maximum absolute atomic E-state index is 12.7. The van der Waals surface area contributed by atoms with Gasteiger partial charge in [0.15, 0.2) is 11.4 Å². The molecule has 2 aromatic carbocycles. The molecule has 152 valence electrons. The maximum atomic E-state index is 12.7. The summed E-state index contributed by atoms with van der Waals surface area (Å²) in [6, 6.07) is 14.1. The molecule has 0 aliphatic carbocycles. The fourth-order valence-corrected chi connectivity index (χ4v) is 3.54. The van der Waals surface area contributed by atoms with Crippen molar-refractivity contribution in [2.45, 2.75) is 32.7 Å². The number of aryl methyl sites for hydroxylation is 1. The van der Waals surface area contributed by atoms with E-state index in [1.807, 2.05) is 24.3 Å². The van der Waals surface area contributed by atoms with Crippen LogP contribution in [0.25, 0.3) is 21.7 Å². The molecule has 2 aromatic heterocycles. The SMILES string of the molecule is CCCCCn1c(O)c(N=NC(=O)c2n[nH]c(=O)c3ccccc23)c2ccccc21. The standard InChI is InChI=1S/C22H21N5O3/c1-2-3-8-13-27-17-12-7-6-11-16(17)19(22(27)30)24-26-21(29)18-14-9-4-5-10-15(14)20(28)25-23-18/h4-7,9-12,30H,2-3,8,13H2,1H3,(H,25,28). The quantitative estimate of drug-likeness (QED) is 0.359. The van der Waals surface area contributed by atoms with E-state index in [4.69, 9.17) is 0 Å². The van der Waals surface area contributed by atoms with Crippen molar-refractivity contribution < 1.29 is 9.90 Å². The van der Waals surface area contributed by atoms with Gasteiger partial charge in [0.1, 0.15) is 0 Å². The summed E-state index contributed by atoms with van der Waals surface area (Å²) in [4.78, 5) is 24.6. The summed E-state index contributed by atoms with van der Waals surface area (Å²) in [5.74, 6) is -0.729. The molecule has 0 saturated heterocycles. The summed E-state index contributed by atoms with van der Waals surface area (Å²) in [6.45, 7) is 2.77. The average Bonchev–Trinajstić information content (AvgIpc) is 3.04. The number of carbonyl (C=O) groups is 1. The van der Waals surface area contributed by atoms with Gasteiger partial charge >= 0.3 is 5.91 Å². The van der Waals surface area contributed by atoms with E-state index in [2.05, 4.69) is 27.3 Å². The summed E-state index contributed by atoms with van der Waals surface area (Å²) in [5.41, 5.74) is 0.691. The molecule has 0 bridgehead atoms. The molecule has 0 aliphatic heterocycles. The van der Waals surface area contributed by atoms with Gasteiger partial charge in [-0.15, -0.1) is 10.2 Å². The molecule has 30 heavy (non-hydrogen) atoms. The zero-order valence-electron chi connectivity index (χ0n) is 16.5. The Hall–Kier alpha value is -3.81. The van der Waals surface area contributed by atoms with Crippen LogP contribution in [0.2, 0.25) is 0 Å². The number of amides is 1. The number of nitrogens with zero attached hydrogens (tertiary/aromatic N) is 4. The Balaban J connectivity index is 1.73. The first-order valence-electron chi connectivity index (χ1n) is 9.85. The Kier molecular flexibility index (Phi) is 5.38. The largest absolute Gasteiger partial charge is 0.493 e. The van der Waals surface area contributed by atoms with Gasteiger partial charge < -0.3 is 9.67 Å². The summed E-state index contributed by atoms with van der Waals surface area (Å²) in [7, 11) is 0. The lowest BCUT2D eigenvalue weighted by Gasteiger charge is -2.05. The van der Waals surface area contributed by atoms with Gasteiger partial charge in [0.2, 0.25) is 5.88 Å². The van der Waals surface area contributed by atoms with E-state index in [-0.39, 0.29) is 22.8 Å². The van der Waals surface area contributed by atoms with Crippen LogP contribution in [0.4, 0.5) is 5.69 Å². The van der Waals surface area contributed by atoms with Crippen molar-refractivity contribution in [3.05, 3.63) is 64.6 Å². The third-order valence-electron chi connectivity index (χ3n) is 5.04. The number of aromatic amines is 1. The fourth-order valence-electron chi connectivity index (χ4n) is 3.54. The van der Waals surface area contributed by atoms with E-state index < -0.39 is 5.91 Å². The summed E-state index contributed by atoms with van der Waals surface area (Å²) < 4.78 is 1.79. The summed E-state index contributed by atoms with van der Waals surface area (Å²) in [6.07, 6.45) is 3.04. The third kappa shape index (κ3) is 3.47. The van der Waals surface area contributed by atoms with Crippen molar-refractivity contribution in [2.75, 3.05) is 0 Å². The summed E-state index contributed by atoms with van der Waals surface area (Å²) in [5, 5.41) is 26.2. The highest BCUT2D eigenvalue weighted by Crippen LogP contribution is 2.39. The third-order valence-corrected chi connectivity index (χ3v) is 5.04. The zero-order chi connectivity index (χ0) is 21.1. The van der Waals surface area contributed by atoms with Crippen LogP contribution in [0.1, 0.15) is 36.7 Å². The van der Waals surface area contributed by atoms with Crippen molar-refractivity contribution in [1.29, 1.82) is 0 Å². The topological polar surface area (TPSA) is 113 Å². The number of para-hydroxylation sites is 1. The number of rotatable bonds is 6. The number of benzene rings is 2. The lowest BCUT2D eigenvalue weighted by atomic mass is 10.1. The van der Waals surface area contributed by atoms with Gasteiger partial charge in [-0.1, -0.05) is 56.2 Å². The summed E-state index contributed by atoms with van der Waals surface area (Å²) >= 11 is 0. The van der Waals surface area contributed by atoms with Gasteiger partial charge in [0, 0.05) is 17.3 Å². The molecule has 0 fully saturated rings. The molecule has 2 N–H and O–H groups in total. The molecule has 0 spiro atoms.